The van der Waals surface area contributed by atoms with Crippen molar-refractivity contribution in [3.8, 4) is 0 Å². The molecule has 1 unspecified atom stereocenters. The fourth-order valence-electron chi connectivity index (χ4n) is 2.72. The first-order chi connectivity index (χ1) is 8.74. The lowest BCUT2D eigenvalue weighted by molar-refractivity contribution is 0.0722. The lowest BCUT2D eigenvalue weighted by Gasteiger charge is -2.36. The molecule has 0 fully saturated rings. The van der Waals surface area contributed by atoms with E-state index in [1.807, 2.05) is 24.3 Å². The Morgan fingerprint density at radius 2 is 1.78 bits per heavy atom. The van der Waals surface area contributed by atoms with Crippen LogP contribution < -0.4 is 0 Å². The minimum absolute atomic E-state index is 0.245. The van der Waals surface area contributed by atoms with Gasteiger partial charge in [-0.2, -0.15) is 0 Å². The first-order valence-corrected chi connectivity index (χ1v) is 6.50. The average Bonchev–Trinajstić information content (AvgIpc) is 2.96. The standard InChI is InChI=1S/C16H20O2/c1-3-16(4-2,14-8-6-5-7-9-14)15(17)13-10-11-18-12-13/h5-12,15,17H,3-4H2,1-2H3. The predicted octanol–water partition coefficient (Wildman–Crippen LogP) is 4.07. The molecule has 2 rings (SSSR count). The molecule has 18 heavy (non-hydrogen) atoms. The first kappa shape index (κ1) is 12.9. The lowest BCUT2D eigenvalue weighted by atomic mass is 9.70. The van der Waals surface area contributed by atoms with E-state index in [9.17, 15) is 5.11 Å². The molecule has 1 aromatic carbocycles. The van der Waals surface area contributed by atoms with E-state index in [1.54, 1.807) is 12.5 Å². The van der Waals surface area contributed by atoms with Gasteiger partial charge in [0.15, 0.2) is 0 Å². The lowest BCUT2D eigenvalue weighted by Crippen LogP contribution is -2.32. The number of hydrogen-bond donors (Lipinski definition) is 1. The van der Waals surface area contributed by atoms with Gasteiger partial charge in [-0.25, -0.2) is 0 Å². The Bertz CT molecular complexity index is 455. The monoisotopic (exact) mass is 244 g/mol. The third-order valence-corrected chi connectivity index (χ3v) is 3.99. The topological polar surface area (TPSA) is 33.4 Å². The summed E-state index contributed by atoms with van der Waals surface area (Å²) in [5, 5.41) is 10.7. The van der Waals surface area contributed by atoms with Gasteiger partial charge < -0.3 is 9.52 Å². The molecule has 96 valence electrons. The number of hydrogen-bond acceptors (Lipinski definition) is 2. The Balaban J connectivity index is 2.44. The number of aliphatic hydroxyl groups excluding tert-OH is 1. The van der Waals surface area contributed by atoms with Crippen LogP contribution in [0.1, 0.15) is 43.9 Å². The highest BCUT2D eigenvalue weighted by molar-refractivity contribution is 5.30. The zero-order valence-electron chi connectivity index (χ0n) is 11.0. The molecule has 1 heterocycles. The molecule has 0 aliphatic heterocycles. The van der Waals surface area contributed by atoms with Gasteiger partial charge >= 0.3 is 0 Å². The summed E-state index contributed by atoms with van der Waals surface area (Å²) >= 11 is 0. The van der Waals surface area contributed by atoms with Crippen LogP contribution in [0.15, 0.2) is 53.3 Å². The van der Waals surface area contributed by atoms with Gasteiger partial charge in [0, 0.05) is 11.0 Å². The fourth-order valence-corrected chi connectivity index (χ4v) is 2.72. The molecule has 0 spiro atoms. The number of rotatable bonds is 5. The largest absolute Gasteiger partial charge is 0.472 e. The van der Waals surface area contributed by atoms with E-state index in [0.717, 1.165) is 18.4 Å². The molecule has 0 aliphatic carbocycles. The van der Waals surface area contributed by atoms with E-state index in [0.29, 0.717) is 0 Å². The highest BCUT2D eigenvalue weighted by Gasteiger charge is 2.37. The van der Waals surface area contributed by atoms with Crippen LogP contribution in [0.4, 0.5) is 0 Å². The Kier molecular flexibility index (Phi) is 3.87. The molecule has 1 N–H and O–H groups in total. The molecule has 1 aromatic heterocycles. The van der Waals surface area contributed by atoms with Crippen LogP contribution in [-0.4, -0.2) is 5.11 Å². The van der Waals surface area contributed by atoms with E-state index in [1.165, 1.54) is 5.56 Å². The molecule has 0 saturated carbocycles. The van der Waals surface area contributed by atoms with Gasteiger partial charge in [0.2, 0.25) is 0 Å². The van der Waals surface area contributed by atoms with E-state index in [4.69, 9.17) is 4.42 Å². The van der Waals surface area contributed by atoms with Crippen LogP contribution in [0, 0.1) is 0 Å². The summed E-state index contributed by atoms with van der Waals surface area (Å²) in [5.41, 5.74) is 1.79. The van der Waals surface area contributed by atoms with Gasteiger partial charge in [0.25, 0.3) is 0 Å². The highest BCUT2D eigenvalue weighted by atomic mass is 16.3. The first-order valence-electron chi connectivity index (χ1n) is 6.50. The maximum Gasteiger partial charge on any atom is 0.0960 e. The second-order valence-electron chi connectivity index (χ2n) is 4.69. The van der Waals surface area contributed by atoms with Gasteiger partial charge in [-0.3, -0.25) is 0 Å². The SMILES string of the molecule is CCC(CC)(c1ccccc1)C(O)c1ccoc1. The summed E-state index contributed by atoms with van der Waals surface area (Å²) in [6.07, 6.45) is 4.49. The molecular weight excluding hydrogens is 224 g/mol. The third kappa shape index (κ3) is 2.08. The predicted molar refractivity (Wildman–Crippen MR) is 72.4 cm³/mol. The van der Waals surface area contributed by atoms with E-state index in [2.05, 4.69) is 26.0 Å². The Hall–Kier alpha value is -1.54. The van der Waals surface area contributed by atoms with Gasteiger partial charge in [-0.05, 0) is 24.5 Å². The number of benzene rings is 1. The smallest absolute Gasteiger partial charge is 0.0960 e. The normalized spacial score (nSPS) is 13.5. The van der Waals surface area contributed by atoms with Gasteiger partial charge in [0.1, 0.15) is 0 Å². The van der Waals surface area contributed by atoms with Crippen molar-refractivity contribution < 1.29 is 9.52 Å². The van der Waals surface area contributed by atoms with Crippen molar-refractivity contribution in [3.05, 3.63) is 60.1 Å². The molecule has 0 radical (unpaired) electrons. The Morgan fingerprint density at radius 1 is 1.11 bits per heavy atom. The summed E-state index contributed by atoms with van der Waals surface area (Å²) in [6, 6.07) is 12.1. The van der Waals surface area contributed by atoms with Gasteiger partial charge in [-0.1, -0.05) is 44.2 Å². The molecule has 0 aliphatic rings. The van der Waals surface area contributed by atoms with Crippen molar-refractivity contribution >= 4 is 0 Å². The van der Waals surface area contributed by atoms with Crippen molar-refractivity contribution in [2.24, 2.45) is 0 Å². The van der Waals surface area contributed by atoms with E-state index in [-0.39, 0.29) is 5.41 Å². The summed E-state index contributed by atoms with van der Waals surface area (Å²) in [5.74, 6) is 0. The van der Waals surface area contributed by atoms with Crippen molar-refractivity contribution in [1.82, 2.24) is 0 Å². The minimum atomic E-state index is -0.534. The number of aliphatic hydroxyl groups is 1. The van der Waals surface area contributed by atoms with Crippen LogP contribution in [0.3, 0.4) is 0 Å². The van der Waals surface area contributed by atoms with Crippen LogP contribution >= 0.6 is 0 Å². The molecule has 2 heteroatoms. The molecule has 0 amide bonds. The molecule has 0 saturated heterocycles. The fraction of sp³-hybridized carbons (Fsp3) is 0.375. The van der Waals surface area contributed by atoms with Crippen LogP contribution in [0.25, 0.3) is 0 Å². The van der Waals surface area contributed by atoms with Gasteiger partial charge in [0.05, 0.1) is 18.6 Å². The summed E-state index contributed by atoms with van der Waals surface area (Å²) < 4.78 is 5.10. The quantitative estimate of drug-likeness (QED) is 0.860. The maximum atomic E-state index is 10.7. The molecule has 2 aromatic rings. The minimum Gasteiger partial charge on any atom is -0.472 e. The van der Waals surface area contributed by atoms with E-state index >= 15 is 0 Å². The second-order valence-corrected chi connectivity index (χ2v) is 4.69. The van der Waals surface area contributed by atoms with Crippen molar-refractivity contribution in [3.63, 3.8) is 0 Å². The molecule has 2 nitrogen and oxygen atoms in total. The summed E-state index contributed by atoms with van der Waals surface area (Å²) in [7, 11) is 0. The summed E-state index contributed by atoms with van der Waals surface area (Å²) in [4.78, 5) is 0. The molecule has 1 atom stereocenters. The van der Waals surface area contributed by atoms with Crippen molar-refractivity contribution in [2.75, 3.05) is 0 Å². The van der Waals surface area contributed by atoms with Crippen LogP contribution in [-0.2, 0) is 5.41 Å². The maximum absolute atomic E-state index is 10.7. The molecular formula is C16H20O2. The Morgan fingerprint density at radius 3 is 2.28 bits per heavy atom. The van der Waals surface area contributed by atoms with Crippen LogP contribution in [0.5, 0.6) is 0 Å². The highest BCUT2D eigenvalue weighted by Crippen LogP contribution is 2.43. The van der Waals surface area contributed by atoms with Gasteiger partial charge in [-0.15, -0.1) is 0 Å². The van der Waals surface area contributed by atoms with Crippen molar-refractivity contribution in [2.45, 2.75) is 38.2 Å². The third-order valence-electron chi connectivity index (χ3n) is 3.99. The second kappa shape index (κ2) is 5.40. The molecule has 0 bridgehead atoms. The van der Waals surface area contributed by atoms with E-state index < -0.39 is 6.10 Å². The van der Waals surface area contributed by atoms with Crippen LogP contribution in [0.2, 0.25) is 0 Å². The summed E-state index contributed by atoms with van der Waals surface area (Å²) in [6.45, 7) is 4.25. The van der Waals surface area contributed by atoms with Crippen molar-refractivity contribution in [1.29, 1.82) is 0 Å². The zero-order chi connectivity index (χ0) is 13.0. The zero-order valence-corrected chi connectivity index (χ0v) is 11.0. The number of furan rings is 1. The Labute approximate surface area is 108 Å². The average molecular weight is 244 g/mol.